The third-order valence-electron chi connectivity index (χ3n) is 3.04. The standard InChI is InChI=1S/C17H27NO5/c1-17(2,3)23-16(20)18-11-13(12-19)9-10-22-15-8-6-5-7-14(15)21-4/h5-8,13,19H,9-12H2,1-4H3,(H,18,20). The molecule has 1 rings (SSSR count). The number of methoxy groups -OCH3 is 1. The summed E-state index contributed by atoms with van der Waals surface area (Å²) in [5.74, 6) is 1.23. The van der Waals surface area contributed by atoms with Crippen LogP contribution in [0.2, 0.25) is 0 Å². The molecule has 0 saturated carbocycles. The Bertz CT molecular complexity index is 484. The third-order valence-corrected chi connectivity index (χ3v) is 3.04. The fourth-order valence-corrected chi connectivity index (χ4v) is 1.87. The maximum Gasteiger partial charge on any atom is 0.407 e. The van der Waals surface area contributed by atoms with Crippen molar-refractivity contribution in [3.8, 4) is 11.5 Å². The van der Waals surface area contributed by atoms with Crippen LogP contribution in [0.4, 0.5) is 4.79 Å². The molecule has 0 bridgehead atoms. The number of nitrogens with one attached hydrogen (secondary N) is 1. The first-order valence-corrected chi connectivity index (χ1v) is 7.69. The number of aliphatic hydroxyl groups is 1. The molecule has 0 aliphatic carbocycles. The molecule has 0 saturated heterocycles. The smallest absolute Gasteiger partial charge is 0.407 e. The SMILES string of the molecule is COc1ccccc1OCCC(CO)CNC(=O)OC(C)(C)C. The van der Waals surface area contributed by atoms with E-state index in [0.717, 1.165) is 0 Å². The molecule has 1 atom stereocenters. The fraction of sp³-hybridized carbons (Fsp3) is 0.588. The van der Waals surface area contributed by atoms with E-state index in [-0.39, 0.29) is 12.5 Å². The molecule has 130 valence electrons. The van der Waals surface area contributed by atoms with Gasteiger partial charge in [-0.25, -0.2) is 4.79 Å². The van der Waals surface area contributed by atoms with Gasteiger partial charge in [-0.2, -0.15) is 0 Å². The molecule has 2 N–H and O–H groups in total. The zero-order valence-corrected chi connectivity index (χ0v) is 14.3. The number of hydrogen-bond acceptors (Lipinski definition) is 5. The van der Waals surface area contributed by atoms with Gasteiger partial charge in [0.15, 0.2) is 11.5 Å². The predicted octanol–water partition coefficient (Wildman–Crippen LogP) is 2.60. The largest absolute Gasteiger partial charge is 0.493 e. The summed E-state index contributed by atoms with van der Waals surface area (Å²) in [6.45, 7) is 6.12. The van der Waals surface area contributed by atoms with Gasteiger partial charge in [-0.1, -0.05) is 12.1 Å². The molecule has 0 heterocycles. The number of carbonyl (C=O) groups is 1. The minimum Gasteiger partial charge on any atom is -0.493 e. The van der Waals surface area contributed by atoms with Crippen LogP contribution < -0.4 is 14.8 Å². The van der Waals surface area contributed by atoms with Crippen LogP contribution >= 0.6 is 0 Å². The molecule has 0 fully saturated rings. The number of ether oxygens (including phenoxy) is 3. The van der Waals surface area contributed by atoms with E-state index >= 15 is 0 Å². The van der Waals surface area contributed by atoms with Crippen LogP contribution in [-0.2, 0) is 4.74 Å². The number of amides is 1. The number of alkyl carbamates (subject to hydrolysis) is 1. The van der Waals surface area contributed by atoms with E-state index in [2.05, 4.69) is 5.32 Å². The molecule has 0 aliphatic heterocycles. The second-order valence-electron chi connectivity index (χ2n) is 6.22. The molecule has 6 nitrogen and oxygen atoms in total. The van der Waals surface area contributed by atoms with Crippen molar-refractivity contribution in [1.82, 2.24) is 5.32 Å². The lowest BCUT2D eigenvalue weighted by Crippen LogP contribution is -2.36. The van der Waals surface area contributed by atoms with E-state index in [0.29, 0.717) is 31.1 Å². The van der Waals surface area contributed by atoms with Crippen molar-refractivity contribution in [2.24, 2.45) is 5.92 Å². The van der Waals surface area contributed by atoms with Crippen molar-refractivity contribution in [3.05, 3.63) is 24.3 Å². The second-order valence-corrected chi connectivity index (χ2v) is 6.22. The van der Waals surface area contributed by atoms with Gasteiger partial charge in [-0.05, 0) is 39.3 Å². The molecule has 0 aromatic heterocycles. The zero-order valence-electron chi connectivity index (χ0n) is 14.3. The van der Waals surface area contributed by atoms with Crippen LogP contribution in [0.5, 0.6) is 11.5 Å². The van der Waals surface area contributed by atoms with Crippen LogP contribution in [0, 0.1) is 5.92 Å². The highest BCUT2D eigenvalue weighted by atomic mass is 16.6. The van der Waals surface area contributed by atoms with Crippen molar-refractivity contribution >= 4 is 6.09 Å². The van der Waals surface area contributed by atoms with E-state index in [1.807, 2.05) is 24.3 Å². The summed E-state index contributed by atoms with van der Waals surface area (Å²) in [4.78, 5) is 11.6. The minimum absolute atomic E-state index is 0.0366. The van der Waals surface area contributed by atoms with E-state index in [4.69, 9.17) is 14.2 Å². The lowest BCUT2D eigenvalue weighted by Gasteiger charge is -2.21. The number of benzene rings is 1. The molecule has 0 radical (unpaired) electrons. The quantitative estimate of drug-likeness (QED) is 0.768. The van der Waals surface area contributed by atoms with Crippen molar-refractivity contribution in [3.63, 3.8) is 0 Å². The lowest BCUT2D eigenvalue weighted by atomic mass is 10.1. The summed E-state index contributed by atoms with van der Waals surface area (Å²) in [6, 6.07) is 7.38. The highest BCUT2D eigenvalue weighted by Gasteiger charge is 2.17. The van der Waals surface area contributed by atoms with Gasteiger partial charge < -0.3 is 24.6 Å². The van der Waals surface area contributed by atoms with E-state index < -0.39 is 11.7 Å². The van der Waals surface area contributed by atoms with Gasteiger partial charge in [-0.3, -0.25) is 0 Å². The average Bonchev–Trinajstić information content (AvgIpc) is 2.49. The Morgan fingerprint density at radius 1 is 1.26 bits per heavy atom. The van der Waals surface area contributed by atoms with Gasteiger partial charge in [-0.15, -0.1) is 0 Å². The Hall–Kier alpha value is -1.95. The van der Waals surface area contributed by atoms with E-state index in [1.165, 1.54) is 0 Å². The molecule has 6 heteroatoms. The van der Waals surface area contributed by atoms with Crippen molar-refractivity contribution in [2.75, 3.05) is 26.9 Å². The molecule has 1 amide bonds. The maximum atomic E-state index is 11.6. The van der Waals surface area contributed by atoms with Crippen molar-refractivity contribution < 1.29 is 24.1 Å². The molecule has 1 aromatic rings. The first-order chi connectivity index (χ1) is 10.9. The Morgan fingerprint density at radius 3 is 2.48 bits per heavy atom. The lowest BCUT2D eigenvalue weighted by molar-refractivity contribution is 0.0508. The number of para-hydroxylation sites is 2. The summed E-state index contributed by atoms with van der Waals surface area (Å²) < 4.78 is 16.0. The van der Waals surface area contributed by atoms with Crippen LogP contribution in [0.3, 0.4) is 0 Å². The van der Waals surface area contributed by atoms with Crippen LogP contribution in [-0.4, -0.2) is 43.7 Å². The highest BCUT2D eigenvalue weighted by molar-refractivity contribution is 5.67. The molecule has 23 heavy (non-hydrogen) atoms. The maximum absolute atomic E-state index is 11.6. The molecular weight excluding hydrogens is 298 g/mol. The summed E-state index contributed by atoms with van der Waals surface area (Å²) >= 11 is 0. The van der Waals surface area contributed by atoms with Crippen LogP contribution in [0.1, 0.15) is 27.2 Å². The number of hydrogen-bond donors (Lipinski definition) is 2. The molecule has 1 aromatic carbocycles. The number of rotatable bonds is 8. The van der Waals surface area contributed by atoms with Crippen molar-refractivity contribution in [1.29, 1.82) is 0 Å². The van der Waals surface area contributed by atoms with E-state index in [1.54, 1.807) is 27.9 Å². The number of aliphatic hydroxyl groups excluding tert-OH is 1. The van der Waals surface area contributed by atoms with Gasteiger partial charge >= 0.3 is 6.09 Å². The predicted molar refractivity (Wildman–Crippen MR) is 87.9 cm³/mol. The normalized spacial score (nSPS) is 12.4. The molecular formula is C17H27NO5. The molecule has 0 spiro atoms. The van der Waals surface area contributed by atoms with Gasteiger partial charge in [0.05, 0.1) is 13.7 Å². The van der Waals surface area contributed by atoms with Gasteiger partial charge in [0, 0.05) is 19.1 Å². The Kier molecular flexibility index (Phi) is 7.68. The van der Waals surface area contributed by atoms with Gasteiger partial charge in [0.2, 0.25) is 0 Å². The fourth-order valence-electron chi connectivity index (χ4n) is 1.87. The highest BCUT2D eigenvalue weighted by Crippen LogP contribution is 2.26. The van der Waals surface area contributed by atoms with Crippen LogP contribution in [0.25, 0.3) is 0 Å². The summed E-state index contributed by atoms with van der Waals surface area (Å²) in [5, 5.41) is 12.1. The minimum atomic E-state index is -0.536. The topological polar surface area (TPSA) is 77.0 Å². The van der Waals surface area contributed by atoms with Crippen molar-refractivity contribution in [2.45, 2.75) is 32.8 Å². The summed E-state index contributed by atoms with van der Waals surface area (Å²) in [6.07, 6.45) is 0.117. The summed E-state index contributed by atoms with van der Waals surface area (Å²) in [5.41, 5.74) is -0.536. The first-order valence-electron chi connectivity index (χ1n) is 7.69. The second kappa shape index (κ2) is 9.25. The Labute approximate surface area is 137 Å². The molecule has 0 aliphatic rings. The van der Waals surface area contributed by atoms with Gasteiger partial charge in [0.25, 0.3) is 0 Å². The van der Waals surface area contributed by atoms with Gasteiger partial charge in [0.1, 0.15) is 5.60 Å². The molecule has 1 unspecified atom stereocenters. The van der Waals surface area contributed by atoms with E-state index in [9.17, 15) is 9.90 Å². The Balaban J connectivity index is 2.35. The summed E-state index contributed by atoms with van der Waals surface area (Å²) in [7, 11) is 1.59. The average molecular weight is 325 g/mol. The first kappa shape index (κ1) is 19.1. The number of carbonyl (C=O) groups excluding carboxylic acids is 1. The third kappa shape index (κ3) is 7.74. The van der Waals surface area contributed by atoms with Crippen LogP contribution in [0.15, 0.2) is 24.3 Å². The Morgan fingerprint density at radius 2 is 1.91 bits per heavy atom. The monoisotopic (exact) mass is 325 g/mol. The zero-order chi connectivity index (χ0) is 17.3.